The predicted molar refractivity (Wildman–Crippen MR) is 115 cm³/mol. The van der Waals surface area contributed by atoms with Gasteiger partial charge in [-0.25, -0.2) is 0 Å². The molecule has 3 atom stereocenters. The van der Waals surface area contributed by atoms with Crippen molar-refractivity contribution in [1.82, 2.24) is 0 Å². The Morgan fingerprint density at radius 2 is 2.00 bits per heavy atom. The largest absolute Gasteiger partial charge is 0.489 e. The Kier molecular flexibility index (Phi) is 4.58. The topological polar surface area (TPSA) is 90.8 Å². The summed E-state index contributed by atoms with van der Waals surface area (Å²) in [5.41, 5.74) is -4.62. The van der Waals surface area contributed by atoms with Gasteiger partial charge in [-0.3, -0.25) is 4.79 Å². The standard InChI is InChI=1S/C24H25F3N2O4/c1-21(2)11-23(32,24(25,26)27)22(31,15-6-7-18-13(20(15)21)8-9-33-18)12-28-16-4-3-5-17-14(16)10-19(30)29-17/h3-8,20,28,31-32H,9-12H2,1-2H3,(H,29,30). The minimum Gasteiger partial charge on any atom is -0.489 e. The van der Waals surface area contributed by atoms with Crippen LogP contribution in [0.4, 0.5) is 24.5 Å². The lowest BCUT2D eigenvalue weighted by molar-refractivity contribution is -0.327. The number of carbonyl (C=O) groups is 1. The van der Waals surface area contributed by atoms with Crippen LogP contribution in [-0.2, 0) is 16.0 Å². The van der Waals surface area contributed by atoms with E-state index >= 15 is 0 Å². The number of alkyl halides is 3. The fourth-order valence-electron chi connectivity index (χ4n) is 5.82. The molecule has 2 aliphatic carbocycles. The molecule has 1 amide bonds. The Morgan fingerprint density at radius 3 is 2.73 bits per heavy atom. The van der Waals surface area contributed by atoms with Crippen molar-refractivity contribution < 1.29 is 32.9 Å². The van der Waals surface area contributed by atoms with E-state index < -0.39 is 41.7 Å². The number of rotatable bonds is 3. The second-order valence-electron chi connectivity index (χ2n) is 9.85. The summed E-state index contributed by atoms with van der Waals surface area (Å²) < 4.78 is 48.8. The molecule has 4 aliphatic rings. The van der Waals surface area contributed by atoms with Crippen LogP contribution in [0.15, 0.2) is 53.3 Å². The molecule has 33 heavy (non-hydrogen) atoms. The maximum absolute atomic E-state index is 14.4. The first kappa shape index (κ1) is 22.0. The fourth-order valence-corrected chi connectivity index (χ4v) is 5.82. The molecule has 0 spiro atoms. The minimum absolute atomic E-state index is 0.0785. The Hall–Kier alpha value is -2.78. The van der Waals surface area contributed by atoms with Gasteiger partial charge < -0.3 is 25.6 Å². The molecular formula is C24H25F3N2O4. The molecule has 6 nitrogen and oxygen atoms in total. The number of hydrogen-bond donors (Lipinski definition) is 4. The number of allylic oxidation sites excluding steroid dienone is 3. The number of benzene rings is 1. The maximum Gasteiger partial charge on any atom is 0.420 e. The first-order chi connectivity index (χ1) is 15.4. The molecule has 4 N–H and O–H groups in total. The lowest BCUT2D eigenvalue weighted by atomic mass is 9.51. The van der Waals surface area contributed by atoms with Crippen LogP contribution in [0.25, 0.3) is 0 Å². The van der Waals surface area contributed by atoms with E-state index in [9.17, 15) is 28.2 Å². The molecular weight excluding hydrogens is 437 g/mol. The van der Waals surface area contributed by atoms with E-state index in [0.717, 1.165) is 5.57 Å². The van der Waals surface area contributed by atoms with Crippen LogP contribution in [0, 0.1) is 11.3 Å². The van der Waals surface area contributed by atoms with E-state index in [0.29, 0.717) is 29.3 Å². The Bertz CT molecular complexity index is 1140. The van der Waals surface area contributed by atoms with Gasteiger partial charge in [0.2, 0.25) is 5.91 Å². The zero-order valence-electron chi connectivity index (χ0n) is 18.2. The highest BCUT2D eigenvalue weighted by molar-refractivity contribution is 6.01. The summed E-state index contributed by atoms with van der Waals surface area (Å²) in [6.07, 6.45) is -0.888. The maximum atomic E-state index is 14.4. The van der Waals surface area contributed by atoms with Gasteiger partial charge in [-0.05, 0) is 41.7 Å². The van der Waals surface area contributed by atoms with Crippen molar-refractivity contribution in [2.75, 3.05) is 23.8 Å². The van der Waals surface area contributed by atoms with Crippen LogP contribution in [0.2, 0.25) is 0 Å². The van der Waals surface area contributed by atoms with Crippen molar-refractivity contribution in [2.45, 2.75) is 44.1 Å². The average Bonchev–Trinajstić information content (AvgIpc) is 3.34. The zero-order valence-corrected chi connectivity index (χ0v) is 18.2. The van der Waals surface area contributed by atoms with Crippen LogP contribution in [-0.4, -0.2) is 46.7 Å². The minimum atomic E-state index is -5.09. The normalized spacial score (nSPS) is 31.9. The SMILES string of the molecule is CC1(C)CC(O)(C(F)(F)F)C(O)(CNc2cccc3c2CC(=O)N3)C2=CC=C3OCC=C3C21. The average molecular weight is 462 g/mol. The van der Waals surface area contributed by atoms with Gasteiger partial charge in [-0.2, -0.15) is 13.2 Å². The van der Waals surface area contributed by atoms with Crippen molar-refractivity contribution in [3.05, 3.63) is 58.9 Å². The van der Waals surface area contributed by atoms with E-state index in [1.807, 2.05) is 6.08 Å². The monoisotopic (exact) mass is 462 g/mol. The number of aliphatic hydroxyl groups is 2. The summed E-state index contributed by atoms with van der Waals surface area (Å²) in [5.74, 6) is -0.195. The lowest BCUT2D eigenvalue weighted by Crippen LogP contribution is -2.72. The first-order valence-corrected chi connectivity index (χ1v) is 10.8. The smallest absolute Gasteiger partial charge is 0.420 e. The van der Waals surface area contributed by atoms with Crippen LogP contribution in [0.5, 0.6) is 0 Å². The second kappa shape index (κ2) is 6.87. The van der Waals surface area contributed by atoms with Gasteiger partial charge in [0, 0.05) is 28.4 Å². The second-order valence-corrected chi connectivity index (χ2v) is 9.85. The molecule has 1 aromatic rings. The predicted octanol–water partition coefficient (Wildman–Crippen LogP) is 3.44. The van der Waals surface area contributed by atoms with Gasteiger partial charge in [0.25, 0.3) is 0 Å². The molecule has 1 aromatic carbocycles. The number of ether oxygens (including phenoxy) is 1. The van der Waals surface area contributed by atoms with Crippen molar-refractivity contribution in [2.24, 2.45) is 11.3 Å². The summed E-state index contributed by atoms with van der Waals surface area (Å²) in [4.78, 5) is 11.8. The third-order valence-corrected chi connectivity index (χ3v) is 7.31. The summed E-state index contributed by atoms with van der Waals surface area (Å²) in [6, 6.07) is 5.00. The molecule has 9 heteroatoms. The highest BCUT2D eigenvalue weighted by Gasteiger charge is 2.73. The Morgan fingerprint density at radius 1 is 1.24 bits per heavy atom. The van der Waals surface area contributed by atoms with Crippen LogP contribution in [0.3, 0.4) is 0 Å². The molecule has 1 fully saturated rings. The summed E-state index contributed by atoms with van der Waals surface area (Å²) in [7, 11) is 0. The number of hydrogen-bond acceptors (Lipinski definition) is 5. The number of amides is 1. The molecule has 5 rings (SSSR count). The van der Waals surface area contributed by atoms with Crippen molar-refractivity contribution >= 4 is 17.3 Å². The van der Waals surface area contributed by atoms with Gasteiger partial charge in [0.15, 0.2) is 5.60 Å². The zero-order chi connectivity index (χ0) is 23.8. The number of fused-ring (bicyclic) bond motifs is 4. The Balaban J connectivity index is 1.60. The summed E-state index contributed by atoms with van der Waals surface area (Å²) in [6.45, 7) is 3.05. The van der Waals surface area contributed by atoms with Crippen molar-refractivity contribution in [3.63, 3.8) is 0 Å². The quantitative estimate of drug-likeness (QED) is 0.553. The molecule has 0 saturated heterocycles. The third kappa shape index (κ3) is 3.05. The molecule has 1 saturated carbocycles. The van der Waals surface area contributed by atoms with E-state index in [-0.39, 0.29) is 17.9 Å². The van der Waals surface area contributed by atoms with Crippen LogP contribution in [0.1, 0.15) is 25.8 Å². The number of halogens is 3. The number of nitrogens with one attached hydrogen (secondary N) is 2. The van der Waals surface area contributed by atoms with Gasteiger partial charge in [-0.1, -0.05) is 26.0 Å². The van der Waals surface area contributed by atoms with Gasteiger partial charge in [-0.15, -0.1) is 0 Å². The van der Waals surface area contributed by atoms with E-state index in [1.165, 1.54) is 6.08 Å². The van der Waals surface area contributed by atoms with Gasteiger partial charge in [0.1, 0.15) is 18.0 Å². The molecule has 2 heterocycles. The van der Waals surface area contributed by atoms with E-state index in [4.69, 9.17) is 4.74 Å². The molecule has 2 aliphatic heterocycles. The van der Waals surface area contributed by atoms with Gasteiger partial charge >= 0.3 is 6.18 Å². The highest BCUT2D eigenvalue weighted by Crippen LogP contribution is 2.61. The summed E-state index contributed by atoms with van der Waals surface area (Å²) in [5, 5.41) is 28.5. The molecule has 0 aromatic heterocycles. The number of anilines is 2. The van der Waals surface area contributed by atoms with Crippen molar-refractivity contribution in [3.8, 4) is 0 Å². The molecule has 0 radical (unpaired) electrons. The van der Waals surface area contributed by atoms with Crippen LogP contribution >= 0.6 is 0 Å². The Labute approximate surface area is 188 Å². The van der Waals surface area contributed by atoms with Gasteiger partial charge in [0.05, 0.1) is 13.0 Å². The highest BCUT2D eigenvalue weighted by atomic mass is 19.4. The lowest BCUT2D eigenvalue weighted by Gasteiger charge is -2.58. The van der Waals surface area contributed by atoms with Crippen LogP contribution < -0.4 is 10.6 Å². The molecule has 176 valence electrons. The first-order valence-electron chi connectivity index (χ1n) is 10.8. The molecule has 0 bridgehead atoms. The molecule has 3 unspecified atom stereocenters. The van der Waals surface area contributed by atoms with Crippen molar-refractivity contribution in [1.29, 1.82) is 0 Å². The fraction of sp³-hybridized carbons (Fsp3) is 0.458. The number of carbonyl (C=O) groups excluding carboxylic acids is 1. The summed E-state index contributed by atoms with van der Waals surface area (Å²) >= 11 is 0. The third-order valence-electron chi connectivity index (χ3n) is 7.31. The van der Waals surface area contributed by atoms with E-state index in [2.05, 4.69) is 10.6 Å². The van der Waals surface area contributed by atoms with E-state index in [1.54, 1.807) is 38.1 Å².